The van der Waals surface area contributed by atoms with E-state index in [-0.39, 0.29) is 0 Å². The van der Waals surface area contributed by atoms with Crippen LogP contribution >= 0.6 is 0 Å². The second-order valence-corrected chi connectivity index (χ2v) is 6.51. The first kappa shape index (κ1) is 11.9. The number of likely N-dealkylation sites (tertiary alicyclic amines) is 1. The predicted octanol–water partition coefficient (Wildman–Crippen LogP) is 2.05. The highest BCUT2D eigenvalue weighted by Crippen LogP contribution is 2.47. The van der Waals surface area contributed by atoms with E-state index in [1.165, 1.54) is 32.2 Å². The van der Waals surface area contributed by atoms with Gasteiger partial charge in [-0.1, -0.05) is 0 Å². The molecular weight excluding hydrogens is 214 g/mol. The van der Waals surface area contributed by atoms with Gasteiger partial charge in [0.2, 0.25) is 0 Å². The van der Waals surface area contributed by atoms with Gasteiger partial charge >= 0.3 is 0 Å². The van der Waals surface area contributed by atoms with Gasteiger partial charge in [-0.05, 0) is 39.5 Å². The summed E-state index contributed by atoms with van der Waals surface area (Å²) < 4.78 is 11.7. The molecule has 1 aliphatic carbocycles. The summed E-state index contributed by atoms with van der Waals surface area (Å²) in [6.45, 7) is 8.75. The van der Waals surface area contributed by atoms with Gasteiger partial charge in [-0.2, -0.15) is 0 Å². The average Bonchev–Trinajstić information content (AvgIpc) is 2.96. The Morgan fingerprint density at radius 2 is 1.88 bits per heavy atom. The second-order valence-electron chi connectivity index (χ2n) is 6.51. The highest BCUT2D eigenvalue weighted by atomic mass is 16.5. The van der Waals surface area contributed by atoms with E-state index in [0.29, 0.717) is 23.7 Å². The predicted molar refractivity (Wildman–Crippen MR) is 67.1 cm³/mol. The zero-order valence-corrected chi connectivity index (χ0v) is 11.2. The molecule has 3 heteroatoms. The maximum absolute atomic E-state index is 5.89. The van der Waals surface area contributed by atoms with Gasteiger partial charge in [-0.3, -0.25) is 4.90 Å². The van der Waals surface area contributed by atoms with Crippen LogP contribution in [0.25, 0.3) is 0 Å². The first-order valence-electron chi connectivity index (χ1n) is 7.15. The van der Waals surface area contributed by atoms with Crippen LogP contribution in [0.2, 0.25) is 0 Å². The Labute approximate surface area is 104 Å². The molecule has 1 saturated carbocycles. The molecule has 0 radical (unpaired) electrons. The molecule has 2 bridgehead atoms. The fourth-order valence-electron chi connectivity index (χ4n) is 3.17. The SMILES string of the molecule is CC(C)OCC1(CN2CC3CCC(C2)O3)CC1. The van der Waals surface area contributed by atoms with Crippen molar-refractivity contribution >= 4 is 0 Å². The Hall–Kier alpha value is -0.120. The van der Waals surface area contributed by atoms with Crippen LogP contribution in [0.5, 0.6) is 0 Å². The van der Waals surface area contributed by atoms with Gasteiger partial charge in [0.05, 0.1) is 24.9 Å². The molecule has 0 N–H and O–H groups in total. The van der Waals surface area contributed by atoms with E-state index in [4.69, 9.17) is 9.47 Å². The van der Waals surface area contributed by atoms with E-state index >= 15 is 0 Å². The zero-order valence-electron chi connectivity index (χ0n) is 11.2. The lowest BCUT2D eigenvalue weighted by Crippen LogP contribution is -2.45. The Morgan fingerprint density at radius 1 is 1.24 bits per heavy atom. The standard InChI is InChI=1S/C14H25NO2/c1-11(2)16-10-14(5-6-14)9-15-7-12-3-4-13(8-15)17-12/h11-13H,3-10H2,1-2H3. The van der Waals surface area contributed by atoms with Crippen molar-refractivity contribution < 1.29 is 9.47 Å². The van der Waals surface area contributed by atoms with E-state index in [9.17, 15) is 0 Å². The van der Waals surface area contributed by atoms with Gasteiger partial charge in [0.25, 0.3) is 0 Å². The second kappa shape index (κ2) is 4.52. The lowest BCUT2D eigenvalue weighted by Gasteiger charge is -2.34. The maximum atomic E-state index is 5.89. The minimum absolute atomic E-state index is 0.369. The number of ether oxygens (including phenoxy) is 2. The highest BCUT2D eigenvalue weighted by molar-refractivity contribution is 4.98. The first-order chi connectivity index (χ1) is 8.15. The minimum Gasteiger partial charge on any atom is -0.378 e. The van der Waals surface area contributed by atoms with Crippen molar-refractivity contribution in [2.45, 2.75) is 57.8 Å². The van der Waals surface area contributed by atoms with Gasteiger partial charge in [-0.15, -0.1) is 0 Å². The third kappa shape index (κ3) is 2.83. The molecular formula is C14H25NO2. The van der Waals surface area contributed by atoms with Crippen LogP contribution in [0.3, 0.4) is 0 Å². The number of rotatable bonds is 5. The third-order valence-corrected chi connectivity index (χ3v) is 4.36. The Kier molecular flexibility index (Phi) is 3.18. The molecule has 2 aliphatic heterocycles. The summed E-state index contributed by atoms with van der Waals surface area (Å²) in [7, 11) is 0. The topological polar surface area (TPSA) is 21.7 Å². The molecule has 0 aromatic rings. The van der Waals surface area contributed by atoms with Crippen LogP contribution in [0.15, 0.2) is 0 Å². The molecule has 3 aliphatic rings. The maximum Gasteiger partial charge on any atom is 0.0707 e. The van der Waals surface area contributed by atoms with E-state index < -0.39 is 0 Å². The monoisotopic (exact) mass is 239 g/mol. The van der Waals surface area contributed by atoms with Gasteiger partial charge in [0, 0.05) is 25.0 Å². The van der Waals surface area contributed by atoms with E-state index in [1.807, 2.05) is 0 Å². The largest absolute Gasteiger partial charge is 0.378 e. The highest BCUT2D eigenvalue weighted by Gasteiger charge is 2.46. The third-order valence-electron chi connectivity index (χ3n) is 4.36. The molecule has 0 aromatic heterocycles. The van der Waals surface area contributed by atoms with Crippen LogP contribution in [-0.2, 0) is 9.47 Å². The summed E-state index contributed by atoms with van der Waals surface area (Å²) in [6, 6.07) is 0. The summed E-state index contributed by atoms with van der Waals surface area (Å²) in [5.74, 6) is 0. The van der Waals surface area contributed by atoms with E-state index in [0.717, 1.165) is 19.7 Å². The van der Waals surface area contributed by atoms with Crippen molar-refractivity contribution in [3.63, 3.8) is 0 Å². The van der Waals surface area contributed by atoms with Gasteiger partial charge < -0.3 is 9.47 Å². The molecule has 2 heterocycles. The Balaban J connectivity index is 1.49. The summed E-state index contributed by atoms with van der Waals surface area (Å²) in [5, 5.41) is 0. The number of fused-ring (bicyclic) bond motifs is 2. The van der Waals surface area contributed by atoms with Crippen LogP contribution < -0.4 is 0 Å². The number of nitrogens with zero attached hydrogens (tertiary/aromatic N) is 1. The molecule has 2 unspecified atom stereocenters. The van der Waals surface area contributed by atoms with Gasteiger partial charge in [0.1, 0.15) is 0 Å². The molecule has 3 fully saturated rings. The smallest absolute Gasteiger partial charge is 0.0707 e. The molecule has 17 heavy (non-hydrogen) atoms. The van der Waals surface area contributed by atoms with Crippen molar-refractivity contribution in [1.82, 2.24) is 4.90 Å². The van der Waals surface area contributed by atoms with E-state index in [2.05, 4.69) is 18.7 Å². The lowest BCUT2D eigenvalue weighted by atomic mass is 10.1. The molecule has 0 spiro atoms. The average molecular weight is 239 g/mol. The minimum atomic E-state index is 0.369. The van der Waals surface area contributed by atoms with Crippen molar-refractivity contribution in [3.05, 3.63) is 0 Å². The Bertz CT molecular complexity index is 263. The molecule has 2 atom stereocenters. The van der Waals surface area contributed by atoms with Crippen molar-refractivity contribution in [3.8, 4) is 0 Å². The van der Waals surface area contributed by atoms with Gasteiger partial charge in [-0.25, -0.2) is 0 Å². The van der Waals surface area contributed by atoms with Crippen LogP contribution in [0, 0.1) is 5.41 Å². The quantitative estimate of drug-likeness (QED) is 0.733. The summed E-state index contributed by atoms with van der Waals surface area (Å²) in [4.78, 5) is 2.63. The summed E-state index contributed by atoms with van der Waals surface area (Å²) in [5.41, 5.74) is 0.487. The van der Waals surface area contributed by atoms with Crippen molar-refractivity contribution in [2.24, 2.45) is 5.41 Å². The molecule has 0 aromatic carbocycles. The van der Waals surface area contributed by atoms with Crippen LogP contribution in [0.1, 0.15) is 39.5 Å². The van der Waals surface area contributed by atoms with Crippen LogP contribution in [-0.4, -0.2) is 49.5 Å². The van der Waals surface area contributed by atoms with E-state index in [1.54, 1.807) is 0 Å². The number of morpholine rings is 1. The number of hydrogen-bond donors (Lipinski definition) is 0. The molecule has 3 nitrogen and oxygen atoms in total. The summed E-state index contributed by atoms with van der Waals surface area (Å²) in [6.07, 6.45) is 6.67. The lowest BCUT2D eigenvalue weighted by molar-refractivity contribution is -0.0515. The molecule has 3 rings (SSSR count). The zero-order chi connectivity index (χ0) is 11.9. The molecule has 0 amide bonds. The molecule has 2 saturated heterocycles. The molecule has 98 valence electrons. The fourth-order valence-corrected chi connectivity index (χ4v) is 3.17. The first-order valence-corrected chi connectivity index (χ1v) is 7.15. The van der Waals surface area contributed by atoms with Gasteiger partial charge in [0.15, 0.2) is 0 Å². The Morgan fingerprint density at radius 3 is 2.41 bits per heavy atom. The van der Waals surface area contributed by atoms with Crippen molar-refractivity contribution in [2.75, 3.05) is 26.2 Å². The normalized spacial score (nSPS) is 35.5. The van der Waals surface area contributed by atoms with Crippen molar-refractivity contribution in [1.29, 1.82) is 0 Å². The van der Waals surface area contributed by atoms with Crippen LogP contribution in [0.4, 0.5) is 0 Å². The number of hydrogen-bond acceptors (Lipinski definition) is 3. The fraction of sp³-hybridized carbons (Fsp3) is 1.00. The summed E-state index contributed by atoms with van der Waals surface area (Å²) >= 11 is 0.